The highest BCUT2D eigenvalue weighted by Crippen LogP contribution is 2.31. The number of rotatable bonds is 5. The second-order valence-corrected chi connectivity index (χ2v) is 6.24. The predicted molar refractivity (Wildman–Crippen MR) is 98.4 cm³/mol. The first-order valence-corrected chi connectivity index (χ1v) is 9.48. The largest absolute Gasteiger partial charge is 0.0683 e. The maximum atomic E-state index is 2.38. The third kappa shape index (κ3) is 18.0. The third-order valence-corrected chi connectivity index (χ3v) is 4.12. The number of hydrogen-bond donors (Lipinski definition) is 0. The summed E-state index contributed by atoms with van der Waals surface area (Å²) in [7, 11) is 0. The fraction of sp³-hybridized carbons (Fsp3) is 1.00. The van der Waals surface area contributed by atoms with Crippen LogP contribution in [-0.4, -0.2) is 0 Å². The Bertz CT molecular complexity index is 140. The predicted octanol–water partition coefficient (Wildman–Crippen LogP) is 7.96. The molecule has 0 bridgehead atoms. The van der Waals surface area contributed by atoms with Crippen molar-refractivity contribution in [1.29, 1.82) is 0 Å². The van der Waals surface area contributed by atoms with E-state index in [9.17, 15) is 0 Å². The molecular weight excluding hydrogens is 240 g/mol. The number of hydrogen-bond acceptors (Lipinski definition) is 0. The van der Waals surface area contributed by atoms with Gasteiger partial charge in [0.2, 0.25) is 0 Å². The van der Waals surface area contributed by atoms with Crippen LogP contribution in [0.3, 0.4) is 0 Å². The van der Waals surface area contributed by atoms with Crippen LogP contribution >= 0.6 is 0 Å². The lowest BCUT2D eigenvalue weighted by Crippen LogP contribution is -2.15. The van der Waals surface area contributed by atoms with Crippen LogP contribution < -0.4 is 0 Å². The van der Waals surface area contributed by atoms with Gasteiger partial charge < -0.3 is 0 Å². The fourth-order valence-corrected chi connectivity index (χ4v) is 2.10. The summed E-state index contributed by atoms with van der Waals surface area (Å²) < 4.78 is 0. The maximum Gasteiger partial charge on any atom is -0.0391 e. The molecule has 126 valence electrons. The average Bonchev–Trinajstić information content (AvgIpc) is 3.27. The first-order valence-electron chi connectivity index (χ1n) is 9.48. The molecular formula is C20H46. The van der Waals surface area contributed by atoms with Crippen LogP contribution in [0.1, 0.15) is 108 Å². The monoisotopic (exact) mass is 286 g/mol. The van der Waals surface area contributed by atoms with E-state index in [1.165, 1.54) is 38.5 Å². The van der Waals surface area contributed by atoms with Crippen molar-refractivity contribution in [1.82, 2.24) is 0 Å². The van der Waals surface area contributed by atoms with Gasteiger partial charge in [0, 0.05) is 0 Å². The summed E-state index contributed by atoms with van der Waals surface area (Å²) in [6.45, 7) is 22.1. The Kier molecular flexibility index (Phi) is 23.7. The van der Waals surface area contributed by atoms with E-state index in [1.807, 2.05) is 13.8 Å². The van der Waals surface area contributed by atoms with Crippen molar-refractivity contribution in [3.8, 4) is 0 Å². The van der Waals surface area contributed by atoms with Gasteiger partial charge in [-0.2, -0.15) is 0 Å². The van der Waals surface area contributed by atoms with Crippen LogP contribution in [0.2, 0.25) is 0 Å². The molecule has 1 aliphatic rings. The smallest absolute Gasteiger partial charge is 0.0391 e. The molecule has 0 spiro atoms. The van der Waals surface area contributed by atoms with Gasteiger partial charge in [-0.05, 0) is 23.7 Å². The van der Waals surface area contributed by atoms with Crippen molar-refractivity contribution in [2.45, 2.75) is 108 Å². The Morgan fingerprint density at radius 1 is 0.800 bits per heavy atom. The van der Waals surface area contributed by atoms with E-state index in [0.29, 0.717) is 0 Å². The van der Waals surface area contributed by atoms with E-state index in [-0.39, 0.29) is 0 Å². The minimum atomic E-state index is 0.852. The van der Waals surface area contributed by atoms with Crippen molar-refractivity contribution < 1.29 is 0 Å². The summed E-state index contributed by atoms with van der Waals surface area (Å²) >= 11 is 0. The summed E-state index contributed by atoms with van der Waals surface area (Å²) in [5, 5.41) is 0. The first-order chi connectivity index (χ1) is 9.48. The molecule has 1 atom stereocenters. The zero-order valence-corrected chi connectivity index (χ0v) is 16.6. The van der Waals surface area contributed by atoms with Crippen LogP contribution in [0.15, 0.2) is 0 Å². The van der Waals surface area contributed by atoms with E-state index >= 15 is 0 Å². The average molecular weight is 287 g/mol. The molecule has 1 unspecified atom stereocenters. The van der Waals surface area contributed by atoms with E-state index < -0.39 is 0 Å². The molecule has 0 heterocycles. The standard InChI is InChI=1S/C10H22.C5H10.C3H8.C2H6/c1-6-10(7-2)9(5)8(3)4;1-2-5-3-4-5;1-3-2;1-2/h8-10H,6-7H2,1-5H3;5H,2-4H2,1H3;3H2,1-2H3;1-2H3. The quantitative estimate of drug-likeness (QED) is 0.480. The molecule has 1 fully saturated rings. The molecule has 0 radical (unpaired) electrons. The Morgan fingerprint density at radius 3 is 1.20 bits per heavy atom. The first kappa shape index (κ1) is 25.0. The minimum absolute atomic E-state index is 0.852. The topological polar surface area (TPSA) is 0 Å². The zero-order valence-electron chi connectivity index (χ0n) is 16.6. The highest BCUT2D eigenvalue weighted by Gasteiger charge is 2.17. The van der Waals surface area contributed by atoms with Gasteiger partial charge in [0.15, 0.2) is 0 Å². The van der Waals surface area contributed by atoms with Crippen molar-refractivity contribution in [3.63, 3.8) is 0 Å². The van der Waals surface area contributed by atoms with Gasteiger partial charge in [-0.1, -0.05) is 108 Å². The van der Waals surface area contributed by atoms with Crippen molar-refractivity contribution in [3.05, 3.63) is 0 Å². The summed E-state index contributed by atoms with van der Waals surface area (Å²) in [4.78, 5) is 0. The molecule has 0 nitrogen and oxygen atoms in total. The molecule has 0 aromatic carbocycles. The lowest BCUT2D eigenvalue weighted by molar-refractivity contribution is 0.262. The molecule has 0 saturated heterocycles. The molecule has 0 N–H and O–H groups in total. The molecule has 20 heavy (non-hydrogen) atoms. The highest BCUT2D eigenvalue weighted by atomic mass is 14.2. The van der Waals surface area contributed by atoms with Gasteiger partial charge in [0.1, 0.15) is 0 Å². The summed E-state index contributed by atoms with van der Waals surface area (Å²) in [6.07, 6.45) is 8.37. The van der Waals surface area contributed by atoms with Crippen LogP contribution in [0.4, 0.5) is 0 Å². The molecule has 0 aromatic heterocycles. The van der Waals surface area contributed by atoms with E-state index in [2.05, 4.69) is 55.4 Å². The fourth-order valence-electron chi connectivity index (χ4n) is 2.10. The lowest BCUT2D eigenvalue weighted by atomic mass is 9.82. The summed E-state index contributed by atoms with van der Waals surface area (Å²) in [6, 6.07) is 0. The van der Waals surface area contributed by atoms with Crippen molar-refractivity contribution >= 4 is 0 Å². The highest BCUT2D eigenvalue weighted by molar-refractivity contribution is 4.69. The van der Waals surface area contributed by atoms with E-state index in [4.69, 9.17) is 0 Å². The van der Waals surface area contributed by atoms with Crippen molar-refractivity contribution in [2.75, 3.05) is 0 Å². The van der Waals surface area contributed by atoms with E-state index in [1.54, 1.807) is 0 Å². The van der Waals surface area contributed by atoms with Gasteiger partial charge in [-0.15, -0.1) is 0 Å². The van der Waals surface area contributed by atoms with E-state index in [0.717, 1.165) is 23.7 Å². The van der Waals surface area contributed by atoms with Crippen LogP contribution in [0.5, 0.6) is 0 Å². The maximum absolute atomic E-state index is 2.38. The molecule has 1 rings (SSSR count). The molecule has 1 saturated carbocycles. The Labute approximate surface area is 132 Å². The van der Waals surface area contributed by atoms with Gasteiger partial charge in [-0.25, -0.2) is 0 Å². The Morgan fingerprint density at radius 2 is 1.15 bits per heavy atom. The molecule has 0 aromatic rings. The van der Waals surface area contributed by atoms with Gasteiger partial charge in [-0.3, -0.25) is 0 Å². The summed E-state index contributed by atoms with van der Waals surface area (Å²) in [5.74, 6) is 3.83. The molecule has 0 heteroatoms. The summed E-state index contributed by atoms with van der Waals surface area (Å²) in [5.41, 5.74) is 0. The third-order valence-electron chi connectivity index (χ3n) is 4.12. The minimum Gasteiger partial charge on any atom is -0.0683 e. The van der Waals surface area contributed by atoms with Crippen LogP contribution in [0, 0.1) is 23.7 Å². The molecule has 1 aliphatic carbocycles. The Balaban J connectivity index is -0.000000239. The van der Waals surface area contributed by atoms with Crippen molar-refractivity contribution in [2.24, 2.45) is 23.7 Å². The van der Waals surface area contributed by atoms with Gasteiger partial charge in [0.05, 0.1) is 0 Å². The second kappa shape index (κ2) is 19.0. The SMILES string of the molecule is CC.CCC.CCC(CC)C(C)C(C)C.CCC1CC1. The zero-order chi connectivity index (χ0) is 16.6. The van der Waals surface area contributed by atoms with Crippen LogP contribution in [-0.2, 0) is 0 Å². The normalized spacial score (nSPS) is 14.4. The molecule has 0 amide bonds. The lowest BCUT2D eigenvalue weighted by Gasteiger charge is -2.24. The van der Waals surface area contributed by atoms with Gasteiger partial charge >= 0.3 is 0 Å². The van der Waals surface area contributed by atoms with Crippen LogP contribution in [0.25, 0.3) is 0 Å². The Hall–Kier alpha value is 0. The molecule has 0 aliphatic heterocycles. The van der Waals surface area contributed by atoms with Gasteiger partial charge in [0.25, 0.3) is 0 Å². The second-order valence-electron chi connectivity index (χ2n) is 6.24.